The lowest BCUT2D eigenvalue weighted by Crippen LogP contribution is -2.68. The van der Waals surface area contributed by atoms with E-state index in [1.54, 1.807) is 0 Å². The van der Waals surface area contributed by atoms with E-state index in [1.807, 2.05) is 6.92 Å². The lowest BCUT2D eigenvalue weighted by molar-refractivity contribution is -0.139. The summed E-state index contributed by atoms with van der Waals surface area (Å²) in [4.78, 5) is -0.717. The van der Waals surface area contributed by atoms with Crippen LogP contribution in [-0.2, 0) is 16.2 Å². The van der Waals surface area contributed by atoms with E-state index in [4.69, 9.17) is 5.73 Å². The summed E-state index contributed by atoms with van der Waals surface area (Å²) >= 11 is 0. The summed E-state index contributed by atoms with van der Waals surface area (Å²) in [6.45, 7) is 1.89. The fourth-order valence-corrected chi connectivity index (χ4v) is 3.96. The highest BCUT2D eigenvalue weighted by atomic mass is 32.2. The zero-order chi connectivity index (χ0) is 15.2. The van der Waals surface area contributed by atoms with Gasteiger partial charge in [0.15, 0.2) is 0 Å². The zero-order valence-corrected chi connectivity index (χ0v) is 11.6. The van der Waals surface area contributed by atoms with Crippen LogP contribution in [0.15, 0.2) is 29.2 Å². The fraction of sp³-hybridized carbons (Fsp3) is 0.500. The molecular weight excluding hydrogens is 293 g/mol. The smallest absolute Gasteiger partial charge is 0.323 e. The Morgan fingerprint density at radius 2 is 1.85 bits per heavy atom. The molecule has 1 aliphatic heterocycles. The molecule has 0 aliphatic carbocycles. The summed E-state index contributed by atoms with van der Waals surface area (Å²) in [6, 6.07) is 4.18. The van der Waals surface area contributed by atoms with Gasteiger partial charge in [-0.25, -0.2) is 8.42 Å². The van der Waals surface area contributed by atoms with E-state index in [-0.39, 0.29) is 13.1 Å². The van der Waals surface area contributed by atoms with Crippen LogP contribution in [0.5, 0.6) is 0 Å². The van der Waals surface area contributed by atoms with Gasteiger partial charge in [-0.15, -0.1) is 0 Å². The average molecular weight is 308 g/mol. The largest absolute Gasteiger partial charge is 0.417 e. The molecule has 1 aliphatic rings. The predicted octanol–water partition coefficient (Wildman–Crippen LogP) is 1.82. The number of nitrogens with zero attached hydrogens (tertiary/aromatic N) is 1. The van der Waals surface area contributed by atoms with Crippen molar-refractivity contribution in [3.8, 4) is 0 Å². The molecule has 1 saturated heterocycles. The van der Waals surface area contributed by atoms with Crippen molar-refractivity contribution < 1.29 is 21.6 Å². The molecular formula is C12H15F3N2O2S. The van der Waals surface area contributed by atoms with Gasteiger partial charge in [0.1, 0.15) is 0 Å². The van der Waals surface area contributed by atoms with Gasteiger partial charge in [0.2, 0.25) is 10.0 Å². The van der Waals surface area contributed by atoms with Crippen molar-refractivity contribution in [1.29, 1.82) is 0 Å². The van der Waals surface area contributed by atoms with Crippen molar-refractivity contribution >= 4 is 10.0 Å². The lowest BCUT2D eigenvalue weighted by atomic mass is 9.91. The van der Waals surface area contributed by atoms with Crippen LogP contribution in [0.1, 0.15) is 18.9 Å². The number of benzene rings is 1. The third-order valence-corrected chi connectivity index (χ3v) is 5.35. The number of sulfonamides is 1. The van der Waals surface area contributed by atoms with Crippen LogP contribution in [0.4, 0.5) is 13.2 Å². The summed E-state index contributed by atoms with van der Waals surface area (Å²) in [5.74, 6) is 0. The predicted molar refractivity (Wildman–Crippen MR) is 67.4 cm³/mol. The Hall–Kier alpha value is -1.12. The van der Waals surface area contributed by atoms with Gasteiger partial charge in [0, 0.05) is 18.6 Å². The van der Waals surface area contributed by atoms with Crippen molar-refractivity contribution in [3.63, 3.8) is 0 Å². The second kappa shape index (κ2) is 4.71. The first kappa shape index (κ1) is 15.3. The molecule has 0 aromatic heterocycles. The molecule has 1 aromatic carbocycles. The van der Waals surface area contributed by atoms with E-state index < -0.39 is 32.2 Å². The molecule has 112 valence electrons. The van der Waals surface area contributed by atoms with Crippen molar-refractivity contribution in [1.82, 2.24) is 4.31 Å². The minimum atomic E-state index is -4.71. The molecule has 1 heterocycles. The Kier molecular flexibility index (Phi) is 3.60. The van der Waals surface area contributed by atoms with E-state index in [0.29, 0.717) is 6.42 Å². The highest BCUT2D eigenvalue weighted by molar-refractivity contribution is 7.89. The molecule has 0 saturated carbocycles. The Morgan fingerprint density at radius 3 is 2.35 bits per heavy atom. The molecule has 8 heteroatoms. The Morgan fingerprint density at radius 1 is 1.30 bits per heavy atom. The minimum Gasteiger partial charge on any atom is -0.323 e. The zero-order valence-electron chi connectivity index (χ0n) is 10.8. The quantitative estimate of drug-likeness (QED) is 0.926. The summed E-state index contributed by atoms with van der Waals surface area (Å²) in [5, 5.41) is 0. The summed E-state index contributed by atoms with van der Waals surface area (Å²) in [7, 11) is -4.16. The van der Waals surface area contributed by atoms with E-state index in [1.165, 1.54) is 6.07 Å². The van der Waals surface area contributed by atoms with Crippen molar-refractivity contribution in [2.24, 2.45) is 5.73 Å². The van der Waals surface area contributed by atoms with Gasteiger partial charge in [0.05, 0.1) is 10.5 Å². The molecule has 0 amide bonds. The van der Waals surface area contributed by atoms with E-state index >= 15 is 0 Å². The van der Waals surface area contributed by atoms with Crippen molar-refractivity contribution in [3.05, 3.63) is 29.8 Å². The second-order valence-electron chi connectivity index (χ2n) is 4.98. The van der Waals surface area contributed by atoms with Gasteiger partial charge in [-0.05, 0) is 18.6 Å². The summed E-state index contributed by atoms with van der Waals surface area (Å²) in [5.41, 5.74) is 4.08. The highest BCUT2D eigenvalue weighted by Crippen LogP contribution is 2.37. The molecule has 0 radical (unpaired) electrons. The minimum absolute atomic E-state index is 0.0397. The molecule has 4 nitrogen and oxygen atoms in total. The highest BCUT2D eigenvalue weighted by Gasteiger charge is 2.47. The molecule has 1 fully saturated rings. The number of rotatable bonds is 3. The first-order valence-electron chi connectivity index (χ1n) is 6.05. The van der Waals surface area contributed by atoms with E-state index in [0.717, 1.165) is 22.5 Å². The van der Waals surface area contributed by atoms with Crippen LogP contribution < -0.4 is 5.73 Å². The summed E-state index contributed by atoms with van der Waals surface area (Å²) in [6.07, 6.45) is -4.14. The maximum atomic E-state index is 12.9. The molecule has 0 spiro atoms. The molecule has 2 rings (SSSR count). The monoisotopic (exact) mass is 308 g/mol. The van der Waals surface area contributed by atoms with Crippen molar-refractivity contribution in [2.75, 3.05) is 13.1 Å². The third kappa shape index (κ3) is 2.55. The normalized spacial score (nSPS) is 19.6. The number of nitrogens with two attached hydrogens (primary N) is 1. The molecule has 0 atom stereocenters. The maximum absolute atomic E-state index is 12.9. The van der Waals surface area contributed by atoms with Gasteiger partial charge >= 0.3 is 6.18 Å². The third-order valence-electron chi connectivity index (χ3n) is 3.50. The van der Waals surface area contributed by atoms with Crippen molar-refractivity contribution in [2.45, 2.75) is 30.0 Å². The maximum Gasteiger partial charge on any atom is 0.417 e. The van der Waals surface area contributed by atoms with E-state index in [9.17, 15) is 21.6 Å². The second-order valence-corrected chi connectivity index (χ2v) is 6.89. The molecule has 0 unspecified atom stereocenters. The van der Waals surface area contributed by atoms with Gasteiger partial charge in [-0.1, -0.05) is 19.1 Å². The SMILES string of the molecule is CCC1(N)CN(S(=O)(=O)c2ccccc2C(F)(F)F)C1. The topological polar surface area (TPSA) is 63.4 Å². The van der Waals surface area contributed by atoms with E-state index in [2.05, 4.69) is 0 Å². The standard InChI is InChI=1S/C12H15F3N2O2S/c1-2-11(16)7-17(8-11)20(18,19)10-6-4-3-5-9(10)12(13,14)15/h3-6H,2,7-8,16H2,1H3. The molecule has 0 bridgehead atoms. The molecule has 1 aromatic rings. The number of halogens is 3. The van der Waals surface area contributed by atoms with Gasteiger partial charge in [0.25, 0.3) is 0 Å². The molecule has 20 heavy (non-hydrogen) atoms. The molecule has 2 N–H and O–H groups in total. The summed E-state index contributed by atoms with van der Waals surface area (Å²) < 4.78 is 64.1. The van der Waals surface area contributed by atoms with Crippen LogP contribution in [0, 0.1) is 0 Å². The Balaban J connectivity index is 2.38. The van der Waals surface area contributed by atoms with Crippen LogP contribution >= 0.6 is 0 Å². The van der Waals surface area contributed by atoms with Crippen LogP contribution in [0.2, 0.25) is 0 Å². The van der Waals surface area contributed by atoms with Crippen LogP contribution in [0.25, 0.3) is 0 Å². The first-order valence-corrected chi connectivity index (χ1v) is 7.49. The fourth-order valence-electron chi connectivity index (χ4n) is 2.11. The Labute approximate surface area is 115 Å². The van der Waals surface area contributed by atoms with Crippen LogP contribution in [0.3, 0.4) is 0 Å². The van der Waals surface area contributed by atoms with Gasteiger partial charge in [-0.3, -0.25) is 0 Å². The van der Waals surface area contributed by atoms with Crippen LogP contribution in [-0.4, -0.2) is 31.4 Å². The number of hydrogen-bond acceptors (Lipinski definition) is 3. The Bertz CT molecular complexity index is 607. The first-order chi connectivity index (χ1) is 9.10. The number of alkyl halides is 3. The lowest BCUT2D eigenvalue weighted by Gasteiger charge is -2.46. The van der Waals surface area contributed by atoms with Gasteiger partial charge < -0.3 is 5.73 Å². The average Bonchev–Trinajstić information content (AvgIpc) is 2.34. The number of hydrogen-bond donors (Lipinski definition) is 1. The van der Waals surface area contributed by atoms with Gasteiger partial charge in [-0.2, -0.15) is 17.5 Å².